The lowest BCUT2D eigenvalue weighted by molar-refractivity contribution is 0.0663. The SMILES string of the molecule is CCN(CC)CCN1CCN(C(=O)c2cc[nH]c2)C[C@H](O)C1. The number of β-amino-alcohol motifs (C(OH)–C–C–N with tert-alkyl or cyclic N) is 1. The Morgan fingerprint density at radius 1 is 1.36 bits per heavy atom. The molecule has 124 valence electrons. The Bertz CT molecular complexity index is 445. The average Bonchev–Trinajstić information content (AvgIpc) is 2.98. The Balaban J connectivity index is 1.88. The largest absolute Gasteiger partial charge is 0.390 e. The highest BCUT2D eigenvalue weighted by molar-refractivity contribution is 5.94. The van der Waals surface area contributed by atoms with E-state index in [1.165, 1.54) is 0 Å². The lowest BCUT2D eigenvalue weighted by Crippen LogP contribution is -2.39. The lowest BCUT2D eigenvalue weighted by atomic mass is 10.2. The Morgan fingerprint density at radius 3 is 2.77 bits per heavy atom. The van der Waals surface area contributed by atoms with Gasteiger partial charge in [0, 0.05) is 51.7 Å². The number of aliphatic hydroxyl groups is 1. The van der Waals surface area contributed by atoms with Crippen LogP contribution in [0, 0.1) is 0 Å². The van der Waals surface area contributed by atoms with E-state index < -0.39 is 6.10 Å². The summed E-state index contributed by atoms with van der Waals surface area (Å²) in [5, 5.41) is 10.2. The molecule has 0 saturated carbocycles. The van der Waals surface area contributed by atoms with Gasteiger partial charge in [0.25, 0.3) is 5.91 Å². The maximum Gasteiger partial charge on any atom is 0.255 e. The Hall–Kier alpha value is -1.37. The molecule has 1 aliphatic heterocycles. The van der Waals surface area contributed by atoms with E-state index in [1.54, 1.807) is 23.4 Å². The fourth-order valence-corrected chi connectivity index (χ4v) is 2.90. The molecule has 6 nitrogen and oxygen atoms in total. The van der Waals surface area contributed by atoms with Crippen molar-refractivity contribution in [3.63, 3.8) is 0 Å². The third-order valence-corrected chi connectivity index (χ3v) is 4.35. The molecule has 1 aromatic rings. The van der Waals surface area contributed by atoms with Crippen molar-refractivity contribution < 1.29 is 9.90 Å². The van der Waals surface area contributed by atoms with Gasteiger partial charge in [0.1, 0.15) is 0 Å². The standard InChI is InChI=1S/C16H28N4O2/c1-3-18(4-2)7-8-19-9-10-20(13-15(21)12-19)16(22)14-5-6-17-11-14/h5-6,11,15,17,21H,3-4,7-10,12-13H2,1-2H3/t15-/m1/s1. The molecule has 1 amide bonds. The number of amides is 1. The van der Waals surface area contributed by atoms with Crippen LogP contribution in [0.25, 0.3) is 0 Å². The van der Waals surface area contributed by atoms with Crippen molar-refractivity contribution in [1.29, 1.82) is 0 Å². The Kier molecular flexibility index (Phi) is 6.42. The first-order valence-electron chi connectivity index (χ1n) is 8.18. The second-order valence-corrected chi connectivity index (χ2v) is 5.83. The van der Waals surface area contributed by atoms with Crippen LogP contribution >= 0.6 is 0 Å². The van der Waals surface area contributed by atoms with Gasteiger partial charge in [0.15, 0.2) is 0 Å². The second-order valence-electron chi connectivity index (χ2n) is 5.83. The van der Waals surface area contributed by atoms with Crippen molar-refractivity contribution in [3.8, 4) is 0 Å². The molecule has 1 fully saturated rings. The van der Waals surface area contributed by atoms with Crippen LogP contribution in [0.5, 0.6) is 0 Å². The maximum absolute atomic E-state index is 12.4. The maximum atomic E-state index is 12.4. The number of carbonyl (C=O) groups is 1. The van der Waals surface area contributed by atoms with Crippen molar-refractivity contribution in [2.75, 3.05) is 52.4 Å². The van der Waals surface area contributed by atoms with Crippen molar-refractivity contribution in [2.24, 2.45) is 0 Å². The number of nitrogens with zero attached hydrogens (tertiary/aromatic N) is 3. The fraction of sp³-hybridized carbons (Fsp3) is 0.688. The molecule has 2 heterocycles. The number of carbonyl (C=O) groups excluding carboxylic acids is 1. The molecule has 1 saturated heterocycles. The molecule has 1 aliphatic rings. The van der Waals surface area contributed by atoms with Crippen LogP contribution < -0.4 is 0 Å². The highest BCUT2D eigenvalue weighted by atomic mass is 16.3. The second kappa shape index (κ2) is 8.31. The number of aromatic amines is 1. The summed E-state index contributed by atoms with van der Waals surface area (Å²) < 4.78 is 0. The van der Waals surface area contributed by atoms with Crippen LogP contribution in [0.4, 0.5) is 0 Å². The van der Waals surface area contributed by atoms with Crippen molar-refractivity contribution in [1.82, 2.24) is 19.7 Å². The van der Waals surface area contributed by atoms with E-state index in [4.69, 9.17) is 0 Å². The zero-order valence-corrected chi connectivity index (χ0v) is 13.7. The fourth-order valence-electron chi connectivity index (χ4n) is 2.90. The number of likely N-dealkylation sites (N-methyl/N-ethyl adjacent to an activating group) is 1. The van der Waals surface area contributed by atoms with Gasteiger partial charge in [-0.3, -0.25) is 9.69 Å². The highest BCUT2D eigenvalue weighted by Crippen LogP contribution is 2.09. The third kappa shape index (κ3) is 4.56. The van der Waals surface area contributed by atoms with Crippen LogP contribution in [0.15, 0.2) is 18.5 Å². The first-order chi connectivity index (χ1) is 10.6. The zero-order valence-electron chi connectivity index (χ0n) is 13.7. The number of rotatable bonds is 6. The molecule has 2 N–H and O–H groups in total. The molecular formula is C16H28N4O2. The summed E-state index contributed by atoms with van der Waals surface area (Å²) in [6.45, 7) is 10.9. The number of aliphatic hydroxyl groups excluding tert-OH is 1. The monoisotopic (exact) mass is 308 g/mol. The molecule has 1 aromatic heterocycles. The minimum atomic E-state index is -0.484. The number of aromatic nitrogens is 1. The summed E-state index contributed by atoms with van der Waals surface area (Å²) in [7, 11) is 0. The van der Waals surface area contributed by atoms with Gasteiger partial charge in [-0.15, -0.1) is 0 Å². The van der Waals surface area contributed by atoms with Crippen molar-refractivity contribution in [3.05, 3.63) is 24.0 Å². The molecule has 0 aliphatic carbocycles. The zero-order chi connectivity index (χ0) is 15.9. The molecule has 0 aromatic carbocycles. The summed E-state index contributed by atoms with van der Waals surface area (Å²) in [5.41, 5.74) is 0.656. The quantitative estimate of drug-likeness (QED) is 0.802. The summed E-state index contributed by atoms with van der Waals surface area (Å²) in [4.78, 5) is 21.7. The molecule has 0 spiro atoms. The lowest BCUT2D eigenvalue weighted by Gasteiger charge is -2.25. The minimum absolute atomic E-state index is 0.00843. The number of H-pyrrole nitrogens is 1. The summed E-state index contributed by atoms with van der Waals surface area (Å²) >= 11 is 0. The van der Waals surface area contributed by atoms with Crippen LogP contribution in [0.3, 0.4) is 0 Å². The van der Waals surface area contributed by atoms with Crippen molar-refractivity contribution >= 4 is 5.91 Å². The predicted molar refractivity (Wildman–Crippen MR) is 86.9 cm³/mol. The number of nitrogens with one attached hydrogen (secondary N) is 1. The minimum Gasteiger partial charge on any atom is -0.390 e. The highest BCUT2D eigenvalue weighted by Gasteiger charge is 2.25. The molecule has 0 radical (unpaired) electrons. The number of hydrogen-bond acceptors (Lipinski definition) is 4. The topological polar surface area (TPSA) is 62.8 Å². The smallest absolute Gasteiger partial charge is 0.255 e. The van der Waals surface area contributed by atoms with Gasteiger partial charge >= 0.3 is 0 Å². The predicted octanol–water partition coefficient (Wildman–Crippen LogP) is 0.475. The van der Waals surface area contributed by atoms with Crippen LogP contribution in [-0.4, -0.2) is 89.2 Å². The summed E-state index contributed by atoms with van der Waals surface area (Å²) in [6, 6.07) is 1.78. The normalized spacial score (nSPS) is 20.4. The van der Waals surface area contributed by atoms with Gasteiger partial charge in [-0.1, -0.05) is 13.8 Å². The molecule has 0 bridgehead atoms. The summed E-state index contributed by atoms with van der Waals surface area (Å²) in [5.74, 6) is -0.00843. The first-order valence-corrected chi connectivity index (χ1v) is 8.18. The molecule has 1 atom stereocenters. The van der Waals surface area contributed by atoms with Crippen molar-refractivity contribution in [2.45, 2.75) is 20.0 Å². The Morgan fingerprint density at radius 2 is 2.14 bits per heavy atom. The van der Waals surface area contributed by atoms with Gasteiger partial charge in [0.05, 0.1) is 11.7 Å². The van der Waals surface area contributed by atoms with Crippen LogP contribution in [0.1, 0.15) is 24.2 Å². The molecule has 0 unspecified atom stereocenters. The molecule has 2 rings (SSSR count). The van der Waals surface area contributed by atoms with Gasteiger partial charge in [-0.05, 0) is 19.2 Å². The van der Waals surface area contributed by atoms with Gasteiger partial charge in [-0.25, -0.2) is 0 Å². The molecular weight excluding hydrogens is 280 g/mol. The van der Waals surface area contributed by atoms with Gasteiger partial charge < -0.3 is 19.9 Å². The first kappa shape index (κ1) is 17.0. The van der Waals surface area contributed by atoms with E-state index in [0.29, 0.717) is 25.2 Å². The van der Waals surface area contributed by atoms with E-state index in [1.807, 2.05) is 0 Å². The van der Waals surface area contributed by atoms with E-state index in [2.05, 4.69) is 28.6 Å². The summed E-state index contributed by atoms with van der Waals surface area (Å²) in [6.07, 6.45) is 2.97. The van der Waals surface area contributed by atoms with E-state index in [9.17, 15) is 9.90 Å². The average molecular weight is 308 g/mol. The van der Waals surface area contributed by atoms with E-state index in [-0.39, 0.29) is 5.91 Å². The molecule has 22 heavy (non-hydrogen) atoms. The molecule has 6 heteroatoms. The van der Waals surface area contributed by atoms with Crippen LogP contribution in [0.2, 0.25) is 0 Å². The van der Waals surface area contributed by atoms with Crippen LogP contribution in [-0.2, 0) is 0 Å². The van der Waals surface area contributed by atoms with Gasteiger partial charge in [-0.2, -0.15) is 0 Å². The van der Waals surface area contributed by atoms with E-state index >= 15 is 0 Å². The number of hydrogen-bond donors (Lipinski definition) is 2. The Labute approximate surface area is 132 Å². The van der Waals surface area contributed by atoms with E-state index in [0.717, 1.165) is 32.7 Å². The third-order valence-electron chi connectivity index (χ3n) is 4.35. The van der Waals surface area contributed by atoms with Gasteiger partial charge in [0.2, 0.25) is 0 Å².